The first-order valence-corrected chi connectivity index (χ1v) is 6.39. The van der Waals surface area contributed by atoms with Gasteiger partial charge in [-0.3, -0.25) is 0 Å². The molecule has 1 aromatic heterocycles. The molecule has 7 heteroatoms. The maximum absolute atomic E-state index is 13.2. The minimum atomic E-state index is -0.459. The van der Waals surface area contributed by atoms with Gasteiger partial charge in [0.2, 0.25) is 4.47 Å². The number of thioether (sulfide) groups is 1. The molecule has 0 saturated heterocycles. The normalized spacial score (nSPS) is 10.7. The van der Waals surface area contributed by atoms with Gasteiger partial charge in [0.05, 0.1) is 5.75 Å². The van der Waals surface area contributed by atoms with Crippen molar-refractivity contribution in [2.24, 2.45) is 0 Å². The van der Waals surface area contributed by atoms with E-state index in [1.807, 2.05) is 0 Å². The largest absolute Gasteiger partial charge is 0.207 e. The van der Waals surface area contributed by atoms with Gasteiger partial charge in [0, 0.05) is 4.90 Å². The van der Waals surface area contributed by atoms with Crippen molar-refractivity contribution in [3.8, 4) is 0 Å². The van der Waals surface area contributed by atoms with Crippen LogP contribution >= 0.6 is 34.7 Å². The van der Waals surface area contributed by atoms with Gasteiger partial charge in [-0.15, -0.1) is 22.0 Å². The zero-order valence-electron chi connectivity index (χ0n) is 7.78. The molecule has 2 rings (SSSR count). The monoisotopic (exact) mass is 278 g/mol. The third kappa shape index (κ3) is 2.90. The van der Waals surface area contributed by atoms with Crippen LogP contribution in [0.15, 0.2) is 23.1 Å². The molecule has 16 heavy (non-hydrogen) atoms. The molecule has 0 atom stereocenters. The first kappa shape index (κ1) is 11.8. The van der Waals surface area contributed by atoms with Gasteiger partial charge in [-0.1, -0.05) is 11.3 Å². The maximum Gasteiger partial charge on any atom is 0.207 e. The third-order valence-corrected chi connectivity index (χ3v) is 3.93. The minimum Gasteiger partial charge on any atom is -0.207 e. The van der Waals surface area contributed by atoms with Crippen LogP contribution in [0.1, 0.15) is 5.01 Å². The van der Waals surface area contributed by atoms with Crippen molar-refractivity contribution in [3.05, 3.63) is 39.3 Å². The molecule has 1 heterocycles. The predicted molar refractivity (Wildman–Crippen MR) is 60.8 cm³/mol. The molecule has 0 aliphatic rings. The fourth-order valence-electron chi connectivity index (χ4n) is 1.02. The Balaban J connectivity index is 2.07. The van der Waals surface area contributed by atoms with Crippen LogP contribution in [0.2, 0.25) is 4.47 Å². The summed E-state index contributed by atoms with van der Waals surface area (Å²) in [6.45, 7) is 0. The van der Waals surface area contributed by atoms with Gasteiger partial charge in [0.15, 0.2) is 0 Å². The van der Waals surface area contributed by atoms with E-state index >= 15 is 0 Å². The number of halogens is 3. The summed E-state index contributed by atoms with van der Waals surface area (Å²) in [6.07, 6.45) is 0. The van der Waals surface area contributed by atoms with Crippen LogP contribution in [0.5, 0.6) is 0 Å². The van der Waals surface area contributed by atoms with Crippen molar-refractivity contribution in [3.63, 3.8) is 0 Å². The van der Waals surface area contributed by atoms with Crippen LogP contribution in [0.4, 0.5) is 8.78 Å². The lowest BCUT2D eigenvalue weighted by Crippen LogP contribution is -1.85. The Labute approximate surface area is 104 Å². The van der Waals surface area contributed by atoms with Gasteiger partial charge < -0.3 is 0 Å². The second-order valence-corrected chi connectivity index (χ2v) is 5.47. The number of hydrogen-bond acceptors (Lipinski definition) is 4. The average molecular weight is 279 g/mol. The summed E-state index contributed by atoms with van der Waals surface area (Å²) in [5.41, 5.74) is 0. The Morgan fingerprint density at radius 3 is 2.81 bits per heavy atom. The molecule has 0 unspecified atom stereocenters. The SMILES string of the molecule is Fc1ccc(F)c(SCc2nnc(Cl)s2)c1. The first-order chi connectivity index (χ1) is 7.65. The van der Waals surface area contributed by atoms with E-state index in [4.69, 9.17) is 11.6 Å². The number of rotatable bonds is 3. The van der Waals surface area contributed by atoms with E-state index in [0.717, 1.165) is 30.0 Å². The molecule has 0 N–H and O–H groups in total. The molecule has 0 bridgehead atoms. The van der Waals surface area contributed by atoms with Crippen LogP contribution in [-0.4, -0.2) is 10.2 Å². The van der Waals surface area contributed by atoms with Crippen molar-refractivity contribution in [1.29, 1.82) is 0 Å². The fourth-order valence-corrected chi connectivity index (χ4v) is 2.83. The first-order valence-electron chi connectivity index (χ1n) is 4.21. The highest BCUT2D eigenvalue weighted by molar-refractivity contribution is 7.98. The van der Waals surface area contributed by atoms with Gasteiger partial charge in [-0.05, 0) is 29.8 Å². The summed E-state index contributed by atoms with van der Waals surface area (Å²) in [7, 11) is 0. The molecule has 0 spiro atoms. The third-order valence-electron chi connectivity index (χ3n) is 1.69. The van der Waals surface area contributed by atoms with E-state index in [9.17, 15) is 8.78 Å². The van der Waals surface area contributed by atoms with E-state index in [1.165, 1.54) is 11.3 Å². The van der Waals surface area contributed by atoms with Gasteiger partial charge >= 0.3 is 0 Å². The maximum atomic E-state index is 13.2. The summed E-state index contributed by atoms with van der Waals surface area (Å²) in [5, 5.41) is 8.08. The highest BCUT2D eigenvalue weighted by Crippen LogP contribution is 2.28. The van der Waals surface area contributed by atoms with Crippen LogP contribution in [-0.2, 0) is 5.75 Å². The van der Waals surface area contributed by atoms with Crippen molar-refractivity contribution in [2.45, 2.75) is 10.6 Å². The second kappa shape index (κ2) is 5.07. The lowest BCUT2D eigenvalue weighted by atomic mass is 10.3. The van der Waals surface area contributed by atoms with Crippen LogP contribution < -0.4 is 0 Å². The van der Waals surface area contributed by atoms with Gasteiger partial charge in [0.1, 0.15) is 16.6 Å². The van der Waals surface area contributed by atoms with Crippen LogP contribution in [0.25, 0.3) is 0 Å². The zero-order chi connectivity index (χ0) is 11.5. The molecule has 0 amide bonds. The molecular weight excluding hydrogens is 274 g/mol. The summed E-state index contributed by atoms with van der Waals surface area (Å²) in [4.78, 5) is 0.256. The molecule has 0 fully saturated rings. The Morgan fingerprint density at radius 2 is 2.12 bits per heavy atom. The molecule has 0 aliphatic heterocycles. The summed E-state index contributed by atoms with van der Waals surface area (Å²) in [5.74, 6) is -0.480. The van der Waals surface area contributed by atoms with E-state index < -0.39 is 11.6 Å². The van der Waals surface area contributed by atoms with Gasteiger partial charge in [-0.2, -0.15) is 0 Å². The molecule has 1 aromatic carbocycles. The van der Waals surface area contributed by atoms with E-state index in [0.29, 0.717) is 15.2 Å². The van der Waals surface area contributed by atoms with E-state index in [2.05, 4.69) is 10.2 Å². The van der Waals surface area contributed by atoms with Crippen molar-refractivity contribution >= 4 is 34.7 Å². The fraction of sp³-hybridized carbons (Fsp3) is 0.111. The predicted octanol–water partition coefficient (Wildman–Crippen LogP) is 3.76. The summed E-state index contributed by atoms with van der Waals surface area (Å²) < 4.78 is 26.4. The molecule has 0 radical (unpaired) electrons. The zero-order valence-corrected chi connectivity index (χ0v) is 10.2. The number of benzene rings is 1. The Morgan fingerprint density at radius 1 is 1.31 bits per heavy atom. The average Bonchev–Trinajstić information content (AvgIpc) is 2.66. The quantitative estimate of drug-likeness (QED) is 0.800. The molecule has 2 nitrogen and oxygen atoms in total. The van der Waals surface area contributed by atoms with Crippen LogP contribution in [0.3, 0.4) is 0 Å². The highest BCUT2D eigenvalue weighted by Gasteiger charge is 2.07. The van der Waals surface area contributed by atoms with E-state index in [1.54, 1.807) is 0 Å². The number of nitrogens with zero attached hydrogens (tertiary/aromatic N) is 2. The Kier molecular flexibility index (Phi) is 3.73. The summed E-state index contributed by atoms with van der Waals surface area (Å²) >= 11 is 7.99. The van der Waals surface area contributed by atoms with Crippen LogP contribution in [0, 0.1) is 11.6 Å². The van der Waals surface area contributed by atoms with E-state index in [-0.39, 0.29) is 4.90 Å². The Bertz CT molecular complexity index is 504. The van der Waals surface area contributed by atoms with Crippen molar-refractivity contribution in [2.75, 3.05) is 0 Å². The van der Waals surface area contributed by atoms with Gasteiger partial charge in [-0.25, -0.2) is 8.78 Å². The molecule has 84 valence electrons. The molecule has 0 saturated carbocycles. The molecule has 2 aromatic rings. The smallest absolute Gasteiger partial charge is 0.207 e. The lowest BCUT2D eigenvalue weighted by Gasteiger charge is -2.00. The second-order valence-electron chi connectivity index (χ2n) is 2.81. The van der Waals surface area contributed by atoms with Crippen molar-refractivity contribution < 1.29 is 8.78 Å². The molecular formula is C9H5ClF2N2S2. The lowest BCUT2D eigenvalue weighted by molar-refractivity contribution is 0.577. The van der Waals surface area contributed by atoms with Crippen molar-refractivity contribution in [1.82, 2.24) is 10.2 Å². The Hall–Kier alpha value is -0.720. The number of hydrogen-bond donors (Lipinski definition) is 0. The minimum absolute atomic E-state index is 0.256. The highest BCUT2D eigenvalue weighted by atomic mass is 35.5. The van der Waals surface area contributed by atoms with Gasteiger partial charge in [0.25, 0.3) is 0 Å². The topological polar surface area (TPSA) is 25.8 Å². The number of aromatic nitrogens is 2. The standard InChI is InChI=1S/C9H5ClF2N2S2/c10-9-14-13-8(16-9)4-15-7-3-5(11)1-2-6(7)12/h1-3H,4H2. The molecule has 0 aliphatic carbocycles. The summed E-state index contributed by atoms with van der Waals surface area (Å²) in [6, 6.07) is 3.34.